The first-order valence-electron chi connectivity index (χ1n) is 9.86. The van der Waals surface area contributed by atoms with Crippen LogP contribution in [0.15, 0.2) is 47.6 Å². The second-order valence-electron chi connectivity index (χ2n) is 7.35. The molecule has 148 valence electrons. The molecule has 2 aromatic rings. The lowest BCUT2D eigenvalue weighted by molar-refractivity contribution is 0.262. The fraction of sp³-hybridized carbons (Fsp3) is 0.429. The van der Waals surface area contributed by atoms with Gasteiger partial charge in [-0.1, -0.05) is 24.3 Å². The summed E-state index contributed by atoms with van der Waals surface area (Å²) in [5.41, 5.74) is 8.45. The number of benzene rings is 1. The van der Waals surface area contributed by atoms with Crippen LogP contribution in [-0.2, 0) is 6.54 Å². The van der Waals surface area contributed by atoms with Gasteiger partial charge in [0.2, 0.25) is 0 Å². The number of aliphatic imine (C=N–C) groups is 1. The molecule has 0 bridgehead atoms. The number of ether oxygens (including phenoxy) is 1. The third kappa shape index (κ3) is 4.20. The maximum atomic E-state index is 6.21. The summed E-state index contributed by atoms with van der Waals surface area (Å²) < 4.78 is 5.72. The Labute approximate surface area is 166 Å². The number of nitrogens with zero attached hydrogens (tertiary/aromatic N) is 4. The van der Waals surface area contributed by atoms with E-state index in [9.17, 15) is 0 Å². The zero-order chi connectivity index (χ0) is 19.3. The highest BCUT2D eigenvalue weighted by Crippen LogP contribution is 2.31. The smallest absolute Gasteiger partial charge is 0.189 e. The van der Waals surface area contributed by atoms with Gasteiger partial charge in [-0.2, -0.15) is 0 Å². The summed E-state index contributed by atoms with van der Waals surface area (Å²) in [6.45, 7) is 5.25. The van der Waals surface area contributed by atoms with Crippen molar-refractivity contribution in [2.75, 3.05) is 44.7 Å². The number of likely N-dealkylation sites (N-methyl/N-ethyl adjacent to an activating group) is 1. The summed E-state index contributed by atoms with van der Waals surface area (Å²) in [7, 11) is 2.15. The molecule has 0 saturated carbocycles. The molecule has 0 spiro atoms. The number of pyridine rings is 1. The van der Waals surface area contributed by atoms with Gasteiger partial charge in [0.1, 0.15) is 11.6 Å². The van der Waals surface area contributed by atoms with Crippen LogP contribution in [0.25, 0.3) is 0 Å². The predicted molar refractivity (Wildman–Crippen MR) is 112 cm³/mol. The lowest BCUT2D eigenvalue weighted by Gasteiger charge is -2.34. The second-order valence-corrected chi connectivity index (χ2v) is 7.35. The van der Waals surface area contributed by atoms with Crippen molar-refractivity contribution in [3.8, 4) is 5.75 Å². The minimum absolute atomic E-state index is 0.125. The van der Waals surface area contributed by atoms with Gasteiger partial charge in [0.25, 0.3) is 0 Å². The quantitative estimate of drug-likeness (QED) is 0.622. The second kappa shape index (κ2) is 8.48. The average Bonchev–Trinajstić information content (AvgIpc) is 2.73. The highest BCUT2D eigenvalue weighted by atomic mass is 16.5. The van der Waals surface area contributed by atoms with Gasteiger partial charge in [0.15, 0.2) is 5.96 Å². The molecular formula is C21H28N6O. The maximum Gasteiger partial charge on any atom is 0.189 e. The molecule has 0 radical (unpaired) electrons. The van der Waals surface area contributed by atoms with Gasteiger partial charge in [0, 0.05) is 49.9 Å². The van der Waals surface area contributed by atoms with Crippen LogP contribution in [0.1, 0.15) is 23.6 Å². The molecule has 28 heavy (non-hydrogen) atoms. The standard InChI is InChI=1S/C21H28N6O/c1-26-10-12-27(13-11-26)20-16(5-4-9-23-20)15-24-21(22)25-18-8-14-28-19-7-3-2-6-17(18)19/h2-7,9,18H,8,10-15H2,1H3,(H3,22,24,25). The fourth-order valence-corrected chi connectivity index (χ4v) is 3.74. The number of hydrogen-bond acceptors (Lipinski definition) is 5. The summed E-state index contributed by atoms with van der Waals surface area (Å²) in [6, 6.07) is 12.2. The lowest BCUT2D eigenvalue weighted by Crippen LogP contribution is -2.45. The molecule has 1 aromatic heterocycles. The van der Waals surface area contributed by atoms with Crippen LogP contribution in [-0.4, -0.2) is 55.7 Å². The number of anilines is 1. The average molecular weight is 380 g/mol. The Balaban J connectivity index is 1.44. The summed E-state index contributed by atoms with van der Waals surface area (Å²) >= 11 is 0. The highest BCUT2D eigenvalue weighted by Gasteiger charge is 2.21. The van der Waals surface area contributed by atoms with Crippen molar-refractivity contribution in [2.45, 2.75) is 19.0 Å². The first kappa shape index (κ1) is 18.6. The van der Waals surface area contributed by atoms with E-state index in [0.717, 1.165) is 55.3 Å². The Morgan fingerprint density at radius 2 is 2.04 bits per heavy atom. The van der Waals surface area contributed by atoms with E-state index in [1.807, 2.05) is 30.5 Å². The molecule has 7 heteroatoms. The molecule has 2 aliphatic rings. The Kier molecular flexibility index (Phi) is 5.62. The Hall–Kier alpha value is -2.80. The minimum Gasteiger partial charge on any atom is -0.493 e. The van der Waals surface area contributed by atoms with E-state index in [-0.39, 0.29) is 6.04 Å². The van der Waals surface area contributed by atoms with Gasteiger partial charge >= 0.3 is 0 Å². The third-order valence-electron chi connectivity index (χ3n) is 5.37. The number of para-hydroxylation sites is 1. The SMILES string of the molecule is CN1CCN(c2ncccc2CN=C(N)NC2CCOc3ccccc32)CC1. The summed E-state index contributed by atoms with van der Waals surface area (Å²) in [5.74, 6) is 2.39. The molecular weight excluding hydrogens is 352 g/mol. The number of hydrogen-bond donors (Lipinski definition) is 2. The largest absolute Gasteiger partial charge is 0.493 e. The molecule has 3 N–H and O–H groups in total. The van der Waals surface area contributed by atoms with Crippen molar-refractivity contribution in [3.63, 3.8) is 0 Å². The number of rotatable bonds is 4. The number of guanidine groups is 1. The molecule has 7 nitrogen and oxygen atoms in total. The van der Waals surface area contributed by atoms with Crippen LogP contribution in [0, 0.1) is 0 Å². The van der Waals surface area contributed by atoms with Crippen molar-refractivity contribution in [1.82, 2.24) is 15.2 Å². The van der Waals surface area contributed by atoms with Crippen LogP contribution < -0.4 is 20.7 Å². The molecule has 3 heterocycles. The summed E-state index contributed by atoms with van der Waals surface area (Å²) in [5, 5.41) is 3.36. The number of aromatic nitrogens is 1. The fourth-order valence-electron chi connectivity index (χ4n) is 3.74. The van der Waals surface area contributed by atoms with Crippen molar-refractivity contribution in [3.05, 3.63) is 53.7 Å². The molecule has 4 rings (SSSR count). The van der Waals surface area contributed by atoms with E-state index in [1.165, 1.54) is 0 Å². The number of piperazine rings is 1. The van der Waals surface area contributed by atoms with Gasteiger partial charge < -0.3 is 25.6 Å². The minimum atomic E-state index is 0.125. The Bertz CT molecular complexity index is 831. The summed E-state index contributed by atoms with van der Waals surface area (Å²) in [4.78, 5) is 13.9. The Morgan fingerprint density at radius 1 is 1.21 bits per heavy atom. The summed E-state index contributed by atoms with van der Waals surface area (Å²) in [6.07, 6.45) is 2.72. The molecule has 1 aromatic carbocycles. The zero-order valence-corrected chi connectivity index (χ0v) is 16.3. The maximum absolute atomic E-state index is 6.21. The van der Waals surface area contributed by atoms with Crippen LogP contribution in [0.3, 0.4) is 0 Å². The number of nitrogens with two attached hydrogens (primary N) is 1. The predicted octanol–water partition coefficient (Wildman–Crippen LogP) is 1.76. The van der Waals surface area contributed by atoms with Gasteiger partial charge in [0.05, 0.1) is 19.2 Å². The molecule has 1 fully saturated rings. The number of fused-ring (bicyclic) bond motifs is 1. The van der Waals surface area contributed by atoms with Crippen LogP contribution in [0.4, 0.5) is 5.82 Å². The van der Waals surface area contributed by atoms with E-state index < -0.39 is 0 Å². The molecule has 1 atom stereocenters. The first-order valence-corrected chi connectivity index (χ1v) is 9.86. The van der Waals surface area contributed by atoms with Crippen LogP contribution >= 0.6 is 0 Å². The topological polar surface area (TPSA) is 79.0 Å². The van der Waals surface area contributed by atoms with Crippen molar-refractivity contribution < 1.29 is 4.74 Å². The molecule has 0 aliphatic carbocycles. The van der Waals surface area contributed by atoms with Crippen LogP contribution in [0.5, 0.6) is 5.75 Å². The van der Waals surface area contributed by atoms with E-state index in [0.29, 0.717) is 19.1 Å². The van der Waals surface area contributed by atoms with Crippen molar-refractivity contribution >= 4 is 11.8 Å². The lowest BCUT2D eigenvalue weighted by atomic mass is 10.0. The highest BCUT2D eigenvalue weighted by molar-refractivity contribution is 5.78. The third-order valence-corrected chi connectivity index (χ3v) is 5.37. The monoisotopic (exact) mass is 380 g/mol. The van der Waals surface area contributed by atoms with E-state index in [1.54, 1.807) is 0 Å². The molecule has 2 aliphatic heterocycles. The Morgan fingerprint density at radius 3 is 2.89 bits per heavy atom. The van der Waals surface area contributed by atoms with E-state index in [4.69, 9.17) is 10.5 Å². The van der Waals surface area contributed by atoms with Gasteiger partial charge in [-0.3, -0.25) is 0 Å². The van der Waals surface area contributed by atoms with Gasteiger partial charge in [-0.25, -0.2) is 9.98 Å². The van der Waals surface area contributed by atoms with E-state index >= 15 is 0 Å². The molecule has 1 unspecified atom stereocenters. The number of nitrogens with one attached hydrogen (secondary N) is 1. The van der Waals surface area contributed by atoms with Crippen molar-refractivity contribution in [2.24, 2.45) is 10.7 Å². The van der Waals surface area contributed by atoms with E-state index in [2.05, 4.69) is 44.3 Å². The van der Waals surface area contributed by atoms with Crippen molar-refractivity contribution in [1.29, 1.82) is 0 Å². The van der Waals surface area contributed by atoms with Crippen LogP contribution in [0.2, 0.25) is 0 Å². The molecule has 0 amide bonds. The zero-order valence-electron chi connectivity index (χ0n) is 16.3. The first-order chi connectivity index (χ1) is 13.7. The normalized spacial score (nSPS) is 20.4. The molecule has 1 saturated heterocycles. The van der Waals surface area contributed by atoms with Gasteiger partial charge in [-0.05, 0) is 19.2 Å². The van der Waals surface area contributed by atoms with Gasteiger partial charge in [-0.15, -0.1) is 0 Å².